The lowest BCUT2D eigenvalue weighted by Crippen LogP contribution is -2.25. The third-order valence-corrected chi connectivity index (χ3v) is 4.50. The zero-order chi connectivity index (χ0) is 22.8. The average molecular weight is 440 g/mol. The van der Waals surface area contributed by atoms with Gasteiger partial charge in [-0.2, -0.15) is 0 Å². The van der Waals surface area contributed by atoms with Crippen molar-refractivity contribution in [3.8, 4) is 29.1 Å². The van der Waals surface area contributed by atoms with E-state index in [9.17, 15) is 9.59 Å². The maximum atomic E-state index is 12.9. The fourth-order valence-corrected chi connectivity index (χ4v) is 2.97. The van der Waals surface area contributed by atoms with Crippen molar-refractivity contribution in [2.75, 3.05) is 27.6 Å². The van der Waals surface area contributed by atoms with Gasteiger partial charge in [-0.05, 0) is 43.0 Å². The second-order valence-corrected chi connectivity index (χ2v) is 6.73. The number of hydrogen-bond acceptors (Lipinski definition) is 8. The molecule has 1 heterocycles. The van der Waals surface area contributed by atoms with E-state index in [4.69, 9.17) is 23.7 Å². The minimum absolute atomic E-state index is 0.0480. The van der Waals surface area contributed by atoms with Crippen LogP contribution >= 0.6 is 0 Å². The van der Waals surface area contributed by atoms with Crippen LogP contribution in [0.3, 0.4) is 0 Å². The van der Waals surface area contributed by atoms with Gasteiger partial charge in [-0.1, -0.05) is 24.1 Å². The van der Waals surface area contributed by atoms with E-state index in [0.29, 0.717) is 24.3 Å². The summed E-state index contributed by atoms with van der Waals surface area (Å²) in [5.74, 6) is 5.40. The minimum atomic E-state index is -0.981. The normalized spacial score (nSPS) is 15.1. The Bertz CT molecular complexity index is 999. The summed E-state index contributed by atoms with van der Waals surface area (Å²) in [5.41, 5.74) is 0.572. The van der Waals surface area contributed by atoms with Crippen molar-refractivity contribution >= 4 is 11.9 Å². The van der Waals surface area contributed by atoms with E-state index in [1.165, 1.54) is 20.3 Å². The monoisotopic (exact) mass is 440 g/mol. The molecule has 0 spiro atoms. The van der Waals surface area contributed by atoms with E-state index in [2.05, 4.69) is 16.6 Å². The Kier molecular flexibility index (Phi) is 8.49. The molecule has 8 nitrogen and oxygen atoms in total. The second-order valence-electron chi connectivity index (χ2n) is 6.73. The predicted octanol–water partition coefficient (Wildman–Crippen LogP) is 3.95. The topological polar surface area (TPSA) is 89.5 Å². The first kappa shape index (κ1) is 23.1. The molecule has 8 heteroatoms. The van der Waals surface area contributed by atoms with Crippen molar-refractivity contribution in [3.63, 3.8) is 0 Å². The summed E-state index contributed by atoms with van der Waals surface area (Å²) in [7, 11) is 2.68. The molecule has 3 rings (SSSR count). The van der Waals surface area contributed by atoms with Crippen molar-refractivity contribution in [1.82, 2.24) is 0 Å². The number of Topliss-reactive ketones (excluding diaryl/α,β-unsaturated/α-hetero) is 1. The maximum absolute atomic E-state index is 12.9. The summed E-state index contributed by atoms with van der Waals surface area (Å²) in [6.07, 6.45) is 1.12. The van der Waals surface area contributed by atoms with Crippen LogP contribution in [0.15, 0.2) is 42.5 Å². The standard InChI is InChI=1S/C24H24O8/c1-27-16-30-20-10-4-3-8-17(20)13-14-19(25)18-9-7-11-21(23(18)32-24(26)28-2)31-22-12-5-6-15-29-22/h3-4,7-11,22H,5-6,12,15-16H2,1-2H3. The maximum Gasteiger partial charge on any atom is 0.513 e. The van der Waals surface area contributed by atoms with E-state index in [-0.39, 0.29) is 23.9 Å². The summed E-state index contributed by atoms with van der Waals surface area (Å²) in [4.78, 5) is 24.7. The first-order valence-corrected chi connectivity index (χ1v) is 10.1. The van der Waals surface area contributed by atoms with Crippen LogP contribution in [0.25, 0.3) is 0 Å². The molecule has 2 aromatic carbocycles. The third-order valence-electron chi connectivity index (χ3n) is 4.50. The first-order valence-electron chi connectivity index (χ1n) is 10.1. The molecule has 1 atom stereocenters. The molecule has 1 fully saturated rings. The molecule has 0 aliphatic carbocycles. The molecule has 0 amide bonds. The van der Waals surface area contributed by atoms with Crippen LogP contribution in [0.1, 0.15) is 35.2 Å². The van der Waals surface area contributed by atoms with E-state index >= 15 is 0 Å². The van der Waals surface area contributed by atoms with Gasteiger partial charge in [0.1, 0.15) is 5.75 Å². The molecule has 0 N–H and O–H groups in total. The van der Waals surface area contributed by atoms with E-state index in [0.717, 1.165) is 12.8 Å². The number of hydrogen-bond donors (Lipinski definition) is 0. The Hall–Kier alpha value is -3.54. The van der Waals surface area contributed by atoms with Crippen LogP contribution in [-0.4, -0.2) is 45.8 Å². The van der Waals surface area contributed by atoms with Crippen LogP contribution in [0, 0.1) is 11.8 Å². The zero-order valence-electron chi connectivity index (χ0n) is 17.9. The quantitative estimate of drug-likeness (QED) is 0.210. The number of ketones is 1. The molecule has 168 valence electrons. The SMILES string of the molecule is COCOc1ccccc1C#CC(=O)c1cccc(OC2CCCCO2)c1OC(=O)OC. The van der Waals surface area contributed by atoms with Gasteiger partial charge in [0.2, 0.25) is 5.78 Å². The highest BCUT2D eigenvalue weighted by molar-refractivity contribution is 6.11. The molecule has 0 saturated carbocycles. The second kappa shape index (κ2) is 11.7. The van der Waals surface area contributed by atoms with Crippen molar-refractivity contribution in [2.24, 2.45) is 0 Å². The minimum Gasteiger partial charge on any atom is -0.466 e. The molecule has 2 aromatic rings. The Morgan fingerprint density at radius 2 is 1.88 bits per heavy atom. The van der Waals surface area contributed by atoms with E-state index in [1.807, 2.05) is 0 Å². The Labute approximate surface area is 186 Å². The van der Waals surface area contributed by atoms with Crippen LogP contribution in [0.4, 0.5) is 4.79 Å². The molecule has 1 aliphatic rings. The van der Waals surface area contributed by atoms with Crippen LogP contribution < -0.4 is 14.2 Å². The van der Waals surface area contributed by atoms with Crippen LogP contribution in [0.2, 0.25) is 0 Å². The zero-order valence-corrected chi connectivity index (χ0v) is 17.9. The van der Waals surface area contributed by atoms with Gasteiger partial charge >= 0.3 is 6.16 Å². The van der Waals surface area contributed by atoms with Gasteiger partial charge < -0.3 is 28.4 Å². The molecule has 1 unspecified atom stereocenters. The number of carbonyl (C=O) groups is 2. The molecular weight excluding hydrogens is 416 g/mol. The van der Waals surface area contributed by atoms with Gasteiger partial charge in [-0.15, -0.1) is 0 Å². The Balaban J connectivity index is 1.90. The van der Waals surface area contributed by atoms with Crippen molar-refractivity contribution < 1.29 is 38.0 Å². The van der Waals surface area contributed by atoms with Crippen LogP contribution in [0.5, 0.6) is 17.2 Å². The molecule has 1 saturated heterocycles. The highest BCUT2D eigenvalue weighted by Crippen LogP contribution is 2.34. The summed E-state index contributed by atoms with van der Waals surface area (Å²) < 4.78 is 31.7. The lowest BCUT2D eigenvalue weighted by molar-refractivity contribution is -0.106. The number of para-hydroxylation sites is 2. The van der Waals surface area contributed by atoms with Crippen molar-refractivity contribution in [1.29, 1.82) is 0 Å². The number of methoxy groups -OCH3 is 2. The van der Waals surface area contributed by atoms with Crippen molar-refractivity contribution in [3.05, 3.63) is 53.6 Å². The molecule has 1 aliphatic heterocycles. The molecular formula is C24H24O8. The Morgan fingerprint density at radius 1 is 1.06 bits per heavy atom. The third kappa shape index (κ3) is 6.23. The summed E-state index contributed by atoms with van der Waals surface area (Å²) in [6.45, 7) is 0.624. The van der Waals surface area contributed by atoms with Gasteiger partial charge in [0.05, 0.1) is 24.8 Å². The number of benzene rings is 2. The lowest BCUT2D eigenvalue weighted by Gasteiger charge is -2.24. The predicted molar refractivity (Wildman–Crippen MR) is 114 cm³/mol. The highest BCUT2D eigenvalue weighted by atomic mass is 16.7. The number of rotatable bonds is 7. The first-order chi connectivity index (χ1) is 15.6. The molecule has 0 bridgehead atoms. The lowest BCUT2D eigenvalue weighted by atomic mass is 10.1. The van der Waals surface area contributed by atoms with Gasteiger partial charge in [0.15, 0.2) is 24.6 Å². The number of carbonyl (C=O) groups excluding carboxylic acids is 2. The van der Waals surface area contributed by atoms with E-state index < -0.39 is 18.2 Å². The smallest absolute Gasteiger partial charge is 0.466 e. The molecule has 32 heavy (non-hydrogen) atoms. The summed E-state index contributed by atoms with van der Waals surface area (Å²) >= 11 is 0. The molecule has 0 aromatic heterocycles. The Morgan fingerprint density at radius 3 is 2.62 bits per heavy atom. The summed E-state index contributed by atoms with van der Waals surface area (Å²) in [5, 5.41) is 0. The van der Waals surface area contributed by atoms with Crippen LogP contribution in [-0.2, 0) is 14.2 Å². The fraction of sp³-hybridized carbons (Fsp3) is 0.333. The van der Waals surface area contributed by atoms with Gasteiger partial charge in [0.25, 0.3) is 0 Å². The van der Waals surface area contributed by atoms with Gasteiger partial charge in [0, 0.05) is 13.5 Å². The molecule has 0 radical (unpaired) electrons. The van der Waals surface area contributed by atoms with Gasteiger partial charge in [-0.3, -0.25) is 4.79 Å². The highest BCUT2D eigenvalue weighted by Gasteiger charge is 2.23. The summed E-state index contributed by atoms with van der Waals surface area (Å²) in [6, 6.07) is 11.7. The average Bonchev–Trinajstić information content (AvgIpc) is 2.83. The largest absolute Gasteiger partial charge is 0.513 e. The fourth-order valence-electron chi connectivity index (χ4n) is 2.97. The number of ether oxygens (including phenoxy) is 6. The van der Waals surface area contributed by atoms with E-state index in [1.54, 1.807) is 36.4 Å². The van der Waals surface area contributed by atoms with Crippen molar-refractivity contribution in [2.45, 2.75) is 25.6 Å². The van der Waals surface area contributed by atoms with Gasteiger partial charge in [-0.25, -0.2) is 4.79 Å².